The van der Waals surface area contributed by atoms with Crippen molar-refractivity contribution in [2.45, 2.75) is 32.0 Å². The van der Waals surface area contributed by atoms with Crippen molar-refractivity contribution in [3.63, 3.8) is 0 Å². The Bertz CT molecular complexity index is 407. The van der Waals surface area contributed by atoms with Crippen LogP contribution in [0.5, 0.6) is 0 Å². The van der Waals surface area contributed by atoms with E-state index in [9.17, 15) is 17.6 Å². The molecule has 0 spiro atoms. The quantitative estimate of drug-likeness (QED) is 0.777. The van der Waals surface area contributed by atoms with Gasteiger partial charge in [-0.15, -0.1) is 0 Å². The largest absolute Gasteiger partial charge is 0.416 e. The summed E-state index contributed by atoms with van der Waals surface area (Å²) in [5.74, 6) is -0.0843. The zero-order valence-corrected chi connectivity index (χ0v) is 9.31. The van der Waals surface area contributed by atoms with Gasteiger partial charge < -0.3 is 5.32 Å². The first-order valence-corrected chi connectivity index (χ1v) is 5.49. The van der Waals surface area contributed by atoms with Gasteiger partial charge in [-0.2, -0.15) is 13.2 Å². The van der Waals surface area contributed by atoms with E-state index >= 15 is 0 Å². The highest BCUT2D eigenvalue weighted by Gasteiger charge is 2.32. The monoisotopic (exact) mass is 247 g/mol. The first kappa shape index (κ1) is 12.2. The number of alkyl halides is 3. The predicted molar refractivity (Wildman–Crippen MR) is 57.2 cm³/mol. The summed E-state index contributed by atoms with van der Waals surface area (Å²) in [6, 6.07) is 2.53. The van der Waals surface area contributed by atoms with Crippen molar-refractivity contribution in [1.29, 1.82) is 0 Å². The van der Waals surface area contributed by atoms with Gasteiger partial charge in [0.15, 0.2) is 0 Å². The van der Waals surface area contributed by atoms with Gasteiger partial charge in [0, 0.05) is 6.04 Å². The summed E-state index contributed by atoms with van der Waals surface area (Å²) in [6.07, 6.45) is -2.69. The Balaban J connectivity index is 2.15. The van der Waals surface area contributed by atoms with E-state index in [0.717, 1.165) is 31.0 Å². The molecule has 0 atom stereocenters. The van der Waals surface area contributed by atoms with Crippen LogP contribution in [0.4, 0.5) is 23.2 Å². The van der Waals surface area contributed by atoms with Gasteiger partial charge in [-0.05, 0) is 37.0 Å². The molecule has 1 aromatic carbocycles. The predicted octanol–water partition coefficient (Wildman–Crippen LogP) is 4.05. The van der Waals surface area contributed by atoms with E-state index < -0.39 is 17.6 Å². The van der Waals surface area contributed by atoms with Gasteiger partial charge >= 0.3 is 6.18 Å². The maximum Gasteiger partial charge on any atom is 0.416 e. The summed E-state index contributed by atoms with van der Waals surface area (Å²) in [5, 5.41) is 2.81. The summed E-state index contributed by atoms with van der Waals surface area (Å²) in [7, 11) is 0. The molecule has 1 aromatic rings. The highest BCUT2D eigenvalue weighted by Crippen LogP contribution is 2.34. The van der Waals surface area contributed by atoms with E-state index in [-0.39, 0.29) is 11.7 Å². The fourth-order valence-electron chi connectivity index (χ4n) is 2.05. The molecule has 0 amide bonds. The van der Waals surface area contributed by atoms with Gasteiger partial charge in [0.25, 0.3) is 0 Å². The second-order valence-electron chi connectivity index (χ2n) is 4.61. The first-order valence-electron chi connectivity index (χ1n) is 5.49. The molecule has 1 aliphatic rings. The van der Waals surface area contributed by atoms with Crippen molar-refractivity contribution in [1.82, 2.24) is 0 Å². The Morgan fingerprint density at radius 2 is 1.88 bits per heavy atom. The van der Waals surface area contributed by atoms with Gasteiger partial charge in [0.2, 0.25) is 0 Å². The van der Waals surface area contributed by atoms with Crippen LogP contribution in [-0.2, 0) is 6.18 Å². The molecule has 1 fully saturated rings. The van der Waals surface area contributed by atoms with E-state index in [1.54, 1.807) is 0 Å². The summed E-state index contributed by atoms with van der Waals surface area (Å²) in [6.45, 7) is 2.06. The van der Waals surface area contributed by atoms with Crippen LogP contribution in [0.3, 0.4) is 0 Å². The molecular formula is C12H13F4N. The smallest absolute Gasteiger partial charge is 0.380 e. The second-order valence-corrected chi connectivity index (χ2v) is 4.61. The molecule has 1 N–H and O–H groups in total. The Labute approximate surface area is 96.8 Å². The minimum absolute atomic E-state index is 0.0586. The fourth-order valence-corrected chi connectivity index (χ4v) is 2.05. The van der Waals surface area contributed by atoms with Crippen LogP contribution in [0.15, 0.2) is 18.2 Å². The third-order valence-corrected chi connectivity index (χ3v) is 3.03. The van der Waals surface area contributed by atoms with Crippen LogP contribution in [-0.4, -0.2) is 6.04 Å². The van der Waals surface area contributed by atoms with E-state index in [1.807, 2.05) is 0 Å². The topological polar surface area (TPSA) is 12.0 Å². The van der Waals surface area contributed by atoms with Gasteiger partial charge in [-0.25, -0.2) is 4.39 Å². The van der Waals surface area contributed by atoms with Gasteiger partial charge in [-0.1, -0.05) is 6.92 Å². The number of benzene rings is 1. The number of hydrogen-bond acceptors (Lipinski definition) is 1. The van der Waals surface area contributed by atoms with E-state index in [4.69, 9.17) is 0 Å². The Hall–Kier alpha value is -1.26. The zero-order valence-electron chi connectivity index (χ0n) is 9.31. The number of anilines is 1. The van der Waals surface area contributed by atoms with Crippen molar-refractivity contribution in [3.05, 3.63) is 29.6 Å². The maximum absolute atomic E-state index is 13.3. The highest BCUT2D eigenvalue weighted by atomic mass is 19.4. The lowest BCUT2D eigenvalue weighted by atomic mass is 9.82. The van der Waals surface area contributed by atoms with Crippen molar-refractivity contribution < 1.29 is 17.6 Å². The Kier molecular flexibility index (Phi) is 3.02. The van der Waals surface area contributed by atoms with E-state index in [2.05, 4.69) is 12.2 Å². The Morgan fingerprint density at radius 1 is 1.24 bits per heavy atom. The minimum atomic E-state index is -4.43. The molecule has 0 aromatic heterocycles. The SMILES string of the molecule is CC1CC(Nc2cc(C(F)(F)F)ccc2F)C1. The van der Waals surface area contributed by atoms with Gasteiger partial charge in [0.05, 0.1) is 11.3 Å². The van der Waals surface area contributed by atoms with Crippen molar-refractivity contribution in [2.75, 3.05) is 5.32 Å². The molecule has 94 valence electrons. The molecule has 0 radical (unpaired) electrons. The molecule has 5 heteroatoms. The van der Waals surface area contributed by atoms with E-state index in [1.165, 1.54) is 0 Å². The van der Waals surface area contributed by atoms with Crippen molar-refractivity contribution in [3.8, 4) is 0 Å². The van der Waals surface area contributed by atoms with Gasteiger partial charge in [0.1, 0.15) is 5.82 Å². The minimum Gasteiger partial charge on any atom is -0.380 e. The normalized spacial score (nSPS) is 24.3. The van der Waals surface area contributed by atoms with Crippen LogP contribution in [0.25, 0.3) is 0 Å². The molecule has 0 saturated heterocycles. The number of rotatable bonds is 2. The van der Waals surface area contributed by atoms with Crippen LogP contribution in [0, 0.1) is 11.7 Å². The van der Waals surface area contributed by atoms with Crippen LogP contribution >= 0.6 is 0 Å². The lowest BCUT2D eigenvalue weighted by Gasteiger charge is -2.34. The molecule has 2 rings (SSSR count). The van der Waals surface area contributed by atoms with Gasteiger partial charge in [-0.3, -0.25) is 0 Å². The maximum atomic E-state index is 13.3. The van der Waals surface area contributed by atoms with E-state index in [0.29, 0.717) is 5.92 Å². The standard InChI is InChI=1S/C12H13F4N/c1-7-4-9(5-7)17-11-6-8(12(14,15)16)2-3-10(11)13/h2-3,6-7,9,17H,4-5H2,1H3. The summed E-state index contributed by atoms with van der Waals surface area (Å²) >= 11 is 0. The number of halogens is 4. The average Bonchev–Trinajstić information content (AvgIpc) is 2.17. The molecule has 0 heterocycles. The second kappa shape index (κ2) is 4.20. The third kappa shape index (κ3) is 2.70. The highest BCUT2D eigenvalue weighted by molar-refractivity contribution is 5.49. The summed E-state index contributed by atoms with van der Waals surface area (Å²) in [4.78, 5) is 0. The third-order valence-electron chi connectivity index (χ3n) is 3.03. The molecule has 0 bridgehead atoms. The van der Waals surface area contributed by atoms with Crippen LogP contribution in [0.1, 0.15) is 25.3 Å². The zero-order chi connectivity index (χ0) is 12.6. The fraction of sp³-hybridized carbons (Fsp3) is 0.500. The van der Waals surface area contributed by atoms with Crippen molar-refractivity contribution >= 4 is 5.69 Å². The Morgan fingerprint density at radius 3 is 2.41 bits per heavy atom. The van der Waals surface area contributed by atoms with Crippen LogP contribution in [0.2, 0.25) is 0 Å². The lowest BCUT2D eigenvalue weighted by Crippen LogP contribution is -2.34. The number of nitrogens with one attached hydrogen (secondary N) is 1. The summed E-state index contributed by atoms with van der Waals surface area (Å²) in [5.41, 5.74) is -0.884. The molecule has 1 aliphatic carbocycles. The van der Waals surface area contributed by atoms with Crippen molar-refractivity contribution in [2.24, 2.45) is 5.92 Å². The molecule has 0 aliphatic heterocycles. The molecule has 1 nitrogen and oxygen atoms in total. The summed E-state index contributed by atoms with van der Waals surface area (Å²) < 4.78 is 50.7. The lowest BCUT2D eigenvalue weighted by molar-refractivity contribution is -0.137. The van der Waals surface area contributed by atoms with Crippen LogP contribution < -0.4 is 5.32 Å². The first-order chi connectivity index (χ1) is 7.86. The molecule has 0 unspecified atom stereocenters. The molecule has 17 heavy (non-hydrogen) atoms. The molecule has 1 saturated carbocycles. The number of hydrogen-bond donors (Lipinski definition) is 1. The molecular weight excluding hydrogens is 234 g/mol. The average molecular weight is 247 g/mol.